The summed E-state index contributed by atoms with van der Waals surface area (Å²) in [5, 5.41) is 2.65. The number of amides is 1. The summed E-state index contributed by atoms with van der Waals surface area (Å²) in [6.45, 7) is 4.67. The first-order valence-corrected chi connectivity index (χ1v) is 7.31. The van der Waals surface area contributed by atoms with E-state index in [1.165, 1.54) is 12.1 Å². The van der Waals surface area contributed by atoms with E-state index in [1.807, 2.05) is 13.8 Å². The molecule has 122 valence electrons. The minimum absolute atomic E-state index is 0.161. The van der Waals surface area contributed by atoms with Crippen LogP contribution in [0.25, 0.3) is 0 Å². The van der Waals surface area contributed by atoms with Crippen LogP contribution in [0, 0.1) is 5.82 Å². The normalized spacial score (nSPS) is 10.2. The van der Waals surface area contributed by atoms with Crippen molar-refractivity contribution >= 4 is 17.3 Å². The van der Waals surface area contributed by atoms with Crippen molar-refractivity contribution in [2.24, 2.45) is 0 Å². The molecule has 5 nitrogen and oxygen atoms in total. The van der Waals surface area contributed by atoms with Crippen LogP contribution in [0.4, 0.5) is 15.8 Å². The molecule has 0 atom stereocenters. The van der Waals surface area contributed by atoms with Gasteiger partial charge in [-0.25, -0.2) is 4.39 Å². The Hall–Kier alpha value is -2.76. The van der Waals surface area contributed by atoms with Crippen molar-refractivity contribution in [2.45, 2.75) is 13.8 Å². The zero-order valence-corrected chi connectivity index (χ0v) is 13.1. The van der Waals surface area contributed by atoms with Gasteiger partial charge in [-0.2, -0.15) is 0 Å². The Morgan fingerprint density at radius 2 is 1.78 bits per heavy atom. The van der Waals surface area contributed by atoms with Gasteiger partial charge in [-0.15, -0.1) is 0 Å². The summed E-state index contributed by atoms with van der Waals surface area (Å²) in [6.07, 6.45) is 0. The van der Waals surface area contributed by atoms with Crippen LogP contribution in [0.15, 0.2) is 36.4 Å². The van der Waals surface area contributed by atoms with E-state index < -0.39 is 5.82 Å². The number of rotatable bonds is 6. The highest BCUT2D eigenvalue weighted by Crippen LogP contribution is 2.29. The maximum atomic E-state index is 13.0. The predicted molar refractivity (Wildman–Crippen MR) is 87.5 cm³/mol. The van der Waals surface area contributed by atoms with Crippen molar-refractivity contribution in [3.05, 3.63) is 47.8 Å². The standard InChI is InChI=1S/C17H19FN2O3/c1-3-22-15-8-5-11(9-16(15)23-4-2)17(21)20-14-7-6-12(18)10-13(14)19/h5-10H,3-4,19H2,1-2H3,(H,20,21). The highest BCUT2D eigenvalue weighted by Gasteiger charge is 2.13. The summed E-state index contributed by atoms with van der Waals surface area (Å²) in [5.41, 5.74) is 6.59. The molecule has 0 saturated carbocycles. The van der Waals surface area contributed by atoms with E-state index in [1.54, 1.807) is 18.2 Å². The van der Waals surface area contributed by atoms with Crippen LogP contribution in [-0.2, 0) is 0 Å². The Morgan fingerprint density at radius 1 is 1.09 bits per heavy atom. The van der Waals surface area contributed by atoms with E-state index >= 15 is 0 Å². The van der Waals surface area contributed by atoms with Gasteiger partial charge in [0.25, 0.3) is 5.91 Å². The second-order valence-electron chi connectivity index (χ2n) is 4.71. The van der Waals surface area contributed by atoms with Gasteiger partial charge in [0.05, 0.1) is 24.6 Å². The Balaban J connectivity index is 2.23. The highest BCUT2D eigenvalue weighted by atomic mass is 19.1. The number of ether oxygens (including phenoxy) is 2. The van der Waals surface area contributed by atoms with E-state index in [9.17, 15) is 9.18 Å². The van der Waals surface area contributed by atoms with Gasteiger partial charge in [0.1, 0.15) is 5.82 Å². The molecule has 23 heavy (non-hydrogen) atoms. The minimum atomic E-state index is -0.458. The molecule has 0 radical (unpaired) electrons. The third-order valence-electron chi connectivity index (χ3n) is 3.07. The molecular formula is C17H19FN2O3. The van der Waals surface area contributed by atoms with Gasteiger partial charge in [0.2, 0.25) is 0 Å². The van der Waals surface area contributed by atoms with Crippen molar-refractivity contribution < 1.29 is 18.7 Å². The number of carbonyl (C=O) groups excluding carboxylic acids is 1. The first-order chi connectivity index (χ1) is 11.0. The number of hydrogen-bond donors (Lipinski definition) is 2. The summed E-state index contributed by atoms with van der Waals surface area (Å²) >= 11 is 0. The van der Waals surface area contributed by atoms with Crippen LogP contribution in [-0.4, -0.2) is 19.1 Å². The van der Waals surface area contributed by atoms with Crippen LogP contribution in [0.1, 0.15) is 24.2 Å². The molecule has 0 saturated heterocycles. The fraction of sp³-hybridized carbons (Fsp3) is 0.235. The van der Waals surface area contributed by atoms with Gasteiger partial charge in [-0.05, 0) is 50.2 Å². The summed E-state index contributed by atoms with van der Waals surface area (Å²) < 4.78 is 24.0. The van der Waals surface area contributed by atoms with Crippen LogP contribution < -0.4 is 20.5 Å². The average molecular weight is 318 g/mol. The molecule has 0 aromatic heterocycles. The number of benzene rings is 2. The van der Waals surface area contributed by atoms with E-state index in [-0.39, 0.29) is 11.6 Å². The quantitative estimate of drug-likeness (QED) is 0.800. The average Bonchev–Trinajstić information content (AvgIpc) is 2.52. The molecule has 2 aromatic rings. The molecule has 2 rings (SSSR count). The monoisotopic (exact) mass is 318 g/mol. The lowest BCUT2D eigenvalue weighted by atomic mass is 10.1. The number of nitrogens with two attached hydrogens (primary N) is 1. The molecule has 1 amide bonds. The van der Waals surface area contributed by atoms with Gasteiger partial charge in [0.15, 0.2) is 11.5 Å². The lowest BCUT2D eigenvalue weighted by molar-refractivity contribution is 0.102. The largest absolute Gasteiger partial charge is 0.490 e. The molecule has 0 aliphatic rings. The number of anilines is 2. The van der Waals surface area contributed by atoms with Crippen molar-refractivity contribution in [1.82, 2.24) is 0 Å². The van der Waals surface area contributed by atoms with Gasteiger partial charge in [-0.3, -0.25) is 4.79 Å². The minimum Gasteiger partial charge on any atom is -0.490 e. The van der Waals surface area contributed by atoms with Crippen LogP contribution in [0.2, 0.25) is 0 Å². The molecule has 0 aliphatic carbocycles. The SMILES string of the molecule is CCOc1ccc(C(=O)Nc2ccc(F)cc2N)cc1OCC. The predicted octanol–water partition coefficient (Wildman–Crippen LogP) is 3.46. The fourth-order valence-corrected chi connectivity index (χ4v) is 2.03. The number of halogens is 1. The Kier molecular flexibility index (Phi) is 5.41. The lowest BCUT2D eigenvalue weighted by Crippen LogP contribution is -2.13. The molecule has 0 bridgehead atoms. The number of nitrogens with one attached hydrogen (secondary N) is 1. The van der Waals surface area contributed by atoms with Gasteiger partial charge >= 0.3 is 0 Å². The maximum Gasteiger partial charge on any atom is 0.255 e. The first-order valence-electron chi connectivity index (χ1n) is 7.31. The zero-order valence-electron chi connectivity index (χ0n) is 13.1. The lowest BCUT2D eigenvalue weighted by Gasteiger charge is -2.13. The van der Waals surface area contributed by atoms with Crippen molar-refractivity contribution in [1.29, 1.82) is 0 Å². The molecule has 6 heteroatoms. The van der Waals surface area contributed by atoms with Crippen LogP contribution in [0.3, 0.4) is 0 Å². The molecule has 3 N–H and O–H groups in total. The van der Waals surface area contributed by atoms with Gasteiger partial charge in [-0.1, -0.05) is 0 Å². The number of carbonyl (C=O) groups is 1. The van der Waals surface area contributed by atoms with Crippen molar-refractivity contribution in [2.75, 3.05) is 24.3 Å². The molecule has 0 aliphatic heterocycles. The maximum absolute atomic E-state index is 13.0. The zero-order chi connectivity index (χ0) is 16.8. The topological polar surface area (TPSA) is 73.6 Å². The Bertz CT molecular complexity index is 704. The Labute approximate surface area is 134 Å². The molecule has 0 unspecified atom stereocenters. The van der Waals surface area contributed by atoms with Crippen molar-refractivity contribution in [3.8, 4) is 11.5 Å². The highest BCUT2D eigenvalue weighted by molar-refractivity contribution is 6.06. The smallest absolute Gasteiger partial charge is 0.255 e. The van der Waals surface area contributed by atoms with Gasteiger partial charge in [0, 0.05) is 5.56 Å². The second-order valence-corrected chi connectivity index (χ2v) is 4.71. The summed E-state index contributed by atoms with van der Waals surface area (Å²) in [6, 6.07) is 8.71. The van der Waals surface area contributed by atoms with E-state index in [4.69, 9.17) is 15.2 Å². The first kappa shape index (κ1) is 16.6. The summed E-state index contributed by atoms with van der Waals surface area (Å²) in [5.74, 6) is 0.244. The van der Waals surface area contributed by atoms with E-state index in [0.29, 0.717) is 36.0 Å². The molecular weight excluding hydrogens is 299 g/mol. The molecule has 2 aromatic carbocycles. The van der Waals surface area contributed by atoms with E-state index in [0.717, 1.165) is 6.07 Å². The van der Waals surface area contributed by atoms with E-state index in [2.05, 4.69) is 5.32 Å². The summed E-state index contributed by atoms with van der Waals surface area (Å²) in [7, 11) is 0. The molecule has 0 fully saturated rings. The third-order valence-corrected chi connectivity index (χ3v) is 3.07. The van der Waals surface area contributed by atoms with Gasteiger partial charge < -0.3 is 20.5 Å². The van der Waals surface area contributed by atoms with Crippen LogP contribution >= 0.6 is 0 Å². The Morgan fingerprint density at radius 3 is 2.43 bits per heavy atom. The molecule has 0 heterocycles. The summed E-state index contributed by atoms with van der Waals surface area (Å²) in [4.78, 5) is 12.3. The third kappa shape index (κ3) is 4.12. The number of hydrogen-bond acceptors (Lipinski definition) is 4. The molecule has 0 spiro atoms. The number of nitrogen functional groups attached to an aromatic ring is 1. The van der Waals surface area contributed by atoms with Crippen molar-refractivity contribution in [3.63, 3.8) is 0 Å². The second kappa shape index (κ2) is 7.49. The fourth-order valence-electron chi connectivity index (χ4n) is 2.03. The van der Waals surface area contributed by atoms with Crippen LogP contribution in [0.5, 0.6) is 11.5 Å².